The summed E-state index contributed by atoms with van der Waals surface area (Å²) in [6, 6.07) is 11.2. The molecule has 3 rings (SSSR count). The molecule has 0 aromatic heterocycles. The van der Waals surface area contributed by atoms with E-state index >= 15 is 0 Å². The molecule has 9 heteroatoms. The summed E-state index contributed by atoms with van der Waals surface area (Å²) in [4.78, 5) is 28.8. The van der Waals surface area contributed by atoms with Crippen molar-refractivity contribution in [1.82, 2.24) is 9.80 Å². The molecule has 1 aliphatic rings. The van der Waals surface area contributed by atoms with Gasteiger partial charge in [0.25, 0.3) is 11.8 Å². The lowest BCUT2D eigenvalue weighted by molar-refractivity contribution is -0.137. The van der Waals surface area contributed by atoms with E-state index in [2.05, 4.69) is 10.2 Å². The van der Waals surface area contributed by atoms with E-state index < -0.39 is 17.6 Å². The van der Waals surface area contributed by atoms with E-state index in [-0.39, 0.29) is 18.2 Å². The van der Waals surface area contributed by atoms with Crippen LogP contribution in [0.4, 0.5) is 18.9 Å². The van der Waals surface area contributed by atoms with Crippen LogP contribution in [-0.2, 0) is 11.0 Å². The third kappa shape index (κ3) is 6.23. The molecular weight excluding hydrogens is 423 g/mol. The van der Waals surface area contributed by atoms with Crippen LogP contribution in [-0.4, -0.2) is 61.4 Å². The topological polar surface area (TPSA) is 61.9 Å². The largest absolute Gasteiger partial charge is 0.484 e. The number of piperidine rings is 1. The van der Waals surface area contributed by atoms with Crippen molar-refractivity contribution in [2.45, 2.75) is 25.1 Å². The van der Waals surface area contributed by atoms with Gasteiger partial charge in [-0.2, -0.15) is 13.2 Å². The number of likely N-dealkylation sites (tertiary alicyclic amines) is 1. The second-order valence-electron chi connectivity index (χ2n) is 7.95. The molecule has 1 saturated heterocycles. The summed E-state index contributed by atoms with van der Waals surface area (Å²) >= 11 is 0. The maximum Gasteiger partial charge on any atom is 0.416 e. The molecule has 172 valence electrons. The lowest BCUT2D eigenvalue weighted by Crippen LogP contribution is -2.47. The number of hydrogen-bond acceptors (Lipinski definition) is 4. The van der Waals surface area contributed by atoms with Crippen molar-refractivity contribution in [3.05, 3.63) is 59.7 Å². The van der Waals surface area contributed by atoms with Gasteiger partial charge in [0.05, 0.1) is 5.56 Å². The number of alkyl halides is 3. The van der Waals surface area contributed by atoms with Crippen molar-refractivity contribution >= 4 is 17.5 Å². The van der Waals surface area contributed by atoms with Crippen molar-refractivity contribution in [2.75, 3.05) is 39.1 Å². The minimum atomic E-state index is -4.49. The van der Waals surface area contributed by atoms with E-state index in [1.807, 2.05) is 19.0 Å². The molecule has 2 aromatic carbocycles. The minimum absolute atomic E-state index is 0.0342. The second kappa shape index (κ2) is 10.0. The highest BCUT2D eigenvalue weighted by Gasteiger charge is 2.30. The summed E-state index contributed by atoms with van der Waals surface area (Å²) in [6.45, 7) is 1.02. The van der Waals surface area contributed by atoms with Gasteiger partial charge in [-0.1, -0.05) is 6.07 Å². The van der Waals surface area contributed by atoms with Gasteiger partial charge in [-0.15, -0.1) is 0 Å². The first kappa shape index (κ1) is 23.6. The molecule has 1 aliphatic heterocycles. The second-order valence-corrected chi connectivity index (χ2v) is 7.95. The lowest BCUT2D eigenvalue weighted by Gasteiger charge is -2.36. The van der Waals surface area contributed by atoms with E-state index in [1.165, 1.54) is 12.1 Å². The quantitative estimate of drug-likeness (QED) is 0.727. The number of ether oxygens (including phenoxy) is 1. The molecule has 1 unspecified atom stereocenters. The Morgan fingerprint density at radius 2 is 1.88 bits per heavy atom. The Balaban J connectivity index is 1.52. The third-order valence-corrected chi connectivity index (χ3v) is 5.36. The van der Waals surface area contributed by atoms with Crippen molar-refractivity contribution in [3.63, 3.8) is 0 Å². The number of carbonyl (C=O) groups is 2. The normalized spacial score (nSPS) is 16.7. The van der Waals surface area contributed by atoms with Gasteiger partial charge < -0.3 is 19.9 Å². The number of anilines is 1. The monoisotopic (exact) mass is 449 g/mol. The highest BCUT2D eigenvalue weighted by Crippen LogP contribution is 2.30. The summed E-state index contributed by atoms with van der Waals surface area (Å²) in [5.74, 6) is -0.261. The van der Waals surface area contributed by atoms with E-state index in [1.54, 1.807) is 24.3 Å². The number of benzene rings is 2. The predicted octanol–water partition coefficient (Wildman–Crippen LogP) is 3.89. The molecule has 0 spiro atoms. The van der Waals surface area contributed by atoms with Crippen LogP contribution >= 0.6 is 0 Å². The van der Waals surface area contributed by atoms with E-state index in [0.717, 1.165) is 31.5 Å². The highest BCUT2D eigenvalue weighted by atomic mass is 19.4. The van der Waals surface area contributed by atoms with Crippen LogP contribution in [0.15, 0.2) is 48.5 Å². The van der Waals surface area contributed by atoms with Crippen LogP contribution in [0.5, 0.6) is 5.75 Å². The van der Waals surface area contributed by atoms with Crippen LogP contribution in [0, 0.1) is 0 Å². The molecule has 2 aromatic rings. The van der Waals surface area contributed by atoms with Crippen molar-refractivity contribution < 1.29 is 27.5 Å². The molecule has 1 heterocycles. The Labute approximate surface area is 184 Å². The number of nitrogens with zero attached hydrogens (tertiary/aromatic N) is 2. The van der Waals surface area contributed by atoms with Crippen LogP contribution in [0.2, 0.25) is 0 Å². The fourth-order valence-electron chi connectivity index (χ4n) is 3.56. The van der Waals surface area contributed by atoms with Gasteiger partial charge in [-0.05, 0) is 69.4 Å². The minimum Gasteiger partial charge on any atom is -0.484 e. The molecule has 2 amide bonds. The third-order valence-electron chi connectivity index (χ3n) is 5.36. The van der Waals surface area contributed by atoms with Gasteiger partial charge in [0.1, 0.15) is 5.75 Å². The molecule has 0 bridgehead atoms. The number of halogens is 3. The Bertz CT molecular complexity index is 945. The summed E-state index contributed by atoms with van der Waals surface area (Å²) in [5, 5.41) is 2.38. The zero-order valence-corrected chi connectivity index (χ0v) is 18.0. The summed E-state index contributed by atoms with van der Waals surface area (Å²) in [6.07, 6.45) is -2.47. The number of carbonyl (C=O) groups excluding carboxylic acids is 2. The first-order valence-electron chi connectivity index (χ1n) is 10.3. The SMILES string of the molecule is CN(C)C1CCCN(C(=O)c2ccc(OCC(=O)Nc3cccc(C(F)(F)F)c3)cc2)C1. The van der Waals surface area contributed by atoms with E-state index in [0.29, 0.717) is 23.9 Å². The van der Waals surface area contributed by atoms with Gasteiger partial charge >= 0.3 is 6.18 Å². The number of amides is 2. The first-order valence-corrected chi connectivity index (χ1v) is 10.3. The predicted molar refractivity (Wildman–Crippen MR) is 115 cm³/mol. The number of hydrogen-bond donors (Lipinski definition) is 1. The van der Waals surface area contributed by atoms with Crippen LogP contribution in [0.25, 0.3) is 0 Å². The van der Waals surface area contributed by atoms with Gasteiger partial charge in [0.2, 0.25) is 0 Å². The molecule has 1 fully saturated rings. The van der Waals surface area contributed by atoms with Crippen LogP contribution in [0.3, 0.4) is 0 Å². The fourth-order valence-corrected chi connectivity index (χ4v) is 3.56. The Morgan fingerprint density at radius 1 is 1.16 bits per heavy atom. The molecule has 32 heavy (non-hydrogen) atoms. The van der Waals surface area contributed by atoms with Gasteiger partial charge in [0.15, 0.2) is 6.61 Å². The van der Waals surface area contributed by atoms with E-state index in [4.69, 9.17) is 4.74 Å². The molecule has 1 atom stereocenters. The van der Waals surface area contributed by atoms with Crippen molar-refractivity contribution in [1.29, 1.82) is 0 Å². The van der Waals surface area contributed by atoms with Crippen LogP contribution in [0.1, 0.15) is 28.8 Å². The van der Waals surface area contributed by atoms with Crippen molar-refractivity contribution in [3.8, 4) is 5.75 Å². The zero-order valence-electron chi connectivity index (χ0n) is 18.0. The Kier molecular flexibility index (Phi) is 7.40. The van der Waals surface area contributed by atoms with Gasteiger partial charge in [-0.25, -0.2) is 0 Å². The Hall–Kier alpha value is -3.07. The van der Waals surface area contributed by atoms with Gasteiger partial charge in [-0.3, -0.25) is 9.59 Å². The maximum absolute atomic E-state index is 12.8. The molecule has 0 radical (unpaired) electrons. The summed E-state index contributed by atoms with van der Waals surface area (Å²) < 4.78 is 43.7. The molecule has 0 saturated carbocycles. The average molecular weight is 449 g/mol. The molecule has 6 nitrogen and oxygen atoms in total. The maximum atomic E-state index is 12.8. The van der Waals surface area contributed by atoms with Gasteiger partial charge in [0, 0.05) is 30.4 Å². The van der Waals surface area contributed by atoms with Crippen molar-refractivity contribution in [2.24, 2.45) is 0 Å². The van der Waals surface area contributed by atoms with E-state index in [9.17, 15) is 22.8 Å². The molecule has 0 aliphatic carbocycles. The standard InChI is InChI=1S/C23H26F3N3O3/c1-28(2)19-7-4-12-29(14-19)22(31)16-8-10-20(11-9-16)32-15-21(30)27-18-6-3-5-17(13-18)23(24,25)26/h3,5-6,8-11,13,19H,4,7,12,14-15H2,1-2H3,(H,27,30). The summed E-state index contributed by atoms with van der Waals surface area (Å²) in [5.41, 5.74) is -0.279. The molecule has 1 N–H and O–H groups in total. The number of likely N-dealkylation sites (N-methyl/N-ethyl adjacent to an activating group) is 1. The first-order chi connectivity index (χ1) is 15.1. The average Bonchev–Trinajstić information content (AvgIpc) is 2.77. The summed E-state index contributed by atoms with van der Waals surface area (Å²) in [7, 11) is 4.02. The zero-order chi connectivity index (χ0) is 23.3. The number of rotatable bonds is 6. The molecular formula is C23H26F3N3O3. The Morgan fingerprint density at radius 3 is 2.53 bits per heavy atom. The fraction of sp³-hybridized carbons (Fsp3) is 0.391. The highest BCUT2D eigenvalue weighted by molar-refractivity contribution is 5.94. The lowest BCUT2D eigenvalue weighted by atomic mass is 10.0. The smallest absolute Gasteiger partial charge is 0.416 e. The van der Waals surface area contributed by atoms with Crippen LogP contribution < -0.4 is 10.1 Å². The number of nitrogens with one attached hydrogen (secondary N) is 1.